The van der Waals surface area contributed by atoms with Gasteiger partial charge in [0.25, 0.3) is 0 Å². The number of esters is 1. The zero-order valence-electron chi connectivity index (χ0n) is 10.1. The lowest BCUT2D eigenvalue weighted by Gasteiger charge is -2.08. The van der Waals surface area contributed by atoms with Crippen molar-refractivity contribution in [2.45, 2.75) is 19.8 Å². The zero-order chi connectivity index (χ0) is 13.4. The Morgan fingerprint density at radius 1 is 1.44 bits per heavy atom. The number of carbonyl (C=O) groups is 2. The van der Waals surface area contributed by atoms with Gasteiger partial charge in [0.1, 0.15) is 5.75 Å². The number of unbranched alkanes of at least 4 members (excludes halogenated alkanes) is 1. The smallest absolute Gasteiger partial charge is 0.344 e. The van der Waals surface area contributed by atoms with Crippen LogP contribution in [0.25, 0.3) is 0 Å². The van der Waals surface area contributed by atoms with Crippen molar-refractivity contribution in [1.82, 2.24) is 0 Å². The minimum absolute atomic E-state index is 0.188. The highest BCUT2D eigenvalue weighted by Crippen LogP contribution is 2.21. The molecule has 0 saturated heterocycles. The average molecular weight is 315 g/mol. The Kier molecular flexibility index (Phi) is 6.43. The first kappa shape index (κ1) is 14.7. The van der Waals surface area contributed by atoms with Gasteiger partial charge in [-0.1, -0.05) is 29.3 Å². The van der Waals surface area contributed by atoms with Crippen molar-refractivity contribution in [1.29, 1.82) is 0 Å². The van der Waals surface area contributed by atoms with E-state index in [9.17, 15) is 9.59 Å². The van der Waals surface area contributed by atoms with Crippen molar-refractivity contribution in [3.8, 4) is 5.75 Å². The second-order valence-electron chi connectivity index (χ2n) is 3.66. The fraction of sp³-hybridized carbons (Fsp3) is 0.385. The number of halogens is 1. The summed E-state index contributed by atoms with van der Waals surface area (Å²) in [5.41, 5.74) is 0.394. The van der Waals surface area contributed by atoms with E-state index in [-0.39, 0.29) is 6.61 Å². The van der Waals surface area contributed by atoms with Gasteiger partial charge < -0.3 is 9.47 Å². The molecule has 1 aromatic carbocycles. The highest BCUT2D eigenvalue weighted by molar-refractivity contribution is 9.10. The maximum Gasteiger partial charge on any atom is 0.344 e. The monoisotopic (exact) mass is 314 g/mol. The van der Waals surface area contributed by atoms with E-state index in [4.69, 9.17) is 9.47 Å². The molecule has 98 valence electrons. The van der Waals surface area contributed by atoms with Crippen molar-refractivity contribution in [3.05, 3.63) is 28.2 Å². The third kappa shape index (κ3) is 4.87. The largest absolute Gasteiger partial charge is 0.481 e. The van der Waals surface area contributed by atoms with Crippen LogP contribution in [0.5, 0.6) is 5.75 Å². The summed E-state index contributed by atoms with van der Waals surface area (Å²) in [5.74, 6) is -0.0520. The highest BCUT2D eigenvalue weighted by atomic mass is 79.9. The summed E-state index contributed by atoms with van der Waals surface area (Å²) in [7, 11) is 0. The fourth-order valence-corrected chi connectivity index (χ4v) is 1.63. The maximum atomic E-state index is 11.3. The number of rotatable bonds is 7. The van der Waals surface area contributed by atoms with Gasteiger partial charge in [-0.15, -0.1) is 0 Å². The van der Waals surface area contributed by atoms with Gasteiger partial charge >= 0.3 is 5.97 Å². The molecule has 0 aliphatic carbocycles. The molecule has 0 aliphatic heterocycles. The van der Waals surface area contributed by atoms with Gasteiger partial charge in [0.15, 0.2) is 12.9 Å². The average Bonchev–Trinajstić information content (AvgIpc) is 2.37. The fourth-order valence-electron chi connectivity index (χ4n) is 1.25. The molecule has 0 unspecified atom stereocenters. The number of ether oxygens (including phenoxy) is 2. The molecule has 0 aromatic heterocycles. The molecule has 0 atom stereocenters. The van der Waals surface area contributed by atoms with Gasteiger partial charge in [-0.2, -0.15) is 0 Å². The molecule has 0 saturated carbocycles. The van der Waals surface area contributed by atoms with E-state index in [2.05, 4.69) is 15.9 Å². The molecule has 0 N–H and O–H groups in total. The second kappa shape index (κ2) is 7.87. The number of hydrogen-bond acceptors (Lipinski definition) is 4. The molecule has 18 heavy (non-hydrogen) atoms. The Bertz CT molecular complexity index is 417. The molecular formula is C13H15BrO4. The van der Waals surface area contributed by atoms with Crippen molar-refractivity contribution in [3.63, 3.8) is 0 Å². The van der Waals surface area contributed by atoms with Crippen LogP contribution in [0.2, 0.25) is 0 Å². The molecule has 0 aliphatic rings. The van der Waals surface area contributed by atoms with E-state index >= 15 is 0 Å². The standard InChI is InChI=1S/C13H15BrO4/c1-2-3-6-17-13(16)9-18-12-5-4-11(14)7-10(12)8-15/h4-5,7-8H,2-3,6,9H2,1H3. The Balaban J connectivity index is 2.48. The van der Waals surface area contributed by atoms with Crippen LogP contribution in [-0.2, 0) is 9.53 Å². The topological polar surface area (TPSA) is 52.6 Å². The van der Waals surface area contributed by atoms with Gasteiger partial charge in [0, 0.05) is 4.47 Å². The molecule has 1 rings (SSSR count). The van der Waals surface area contributed by atoms with E-state index < -0.39 is 5.97 Å². The summed E-state index contributed by atoms with van der Waals surface area (Å²) in [6.07, 6.45) is 2.49. The van der Waals surface area contributed by atoms with Crippen molar-refractivity contribution in [2.75, 3.05) is 13.2 Å². The van der Waals surface area contributed by atoms with Crippen molar-refractivity contribution in [2.24, 2.45) is 0 Å². The summed E-state index contributed by atoms with van der Waals surface area (Å²) in [4.78, 5) is 22.1. The summed E-state index contributed by atoms with van der Waals surface area (Å²) >= 11 is 3.25. The van der Waals surface area contributed by atoms with Crippen LogP contribution < -0.4 is 4.74 Å². The number of aldehydes is 1. The van der Waals surface area contributed by atoms with E-state index in [1.165, 1.54) is 0 Å². The molecule has 0 bridgehead atoms. The lowest BCUT2D eigenvalue weighted by atomic mass is 10.2. The quantitative estimate of drug-likeness (QED) is 0.441. The molecule has 5 heteroatoms. The summed E-state index contributed by atoms with van der Waals surface area (Å²) < 4.78 is 11.0. The number of benzene rings is 1. The van der Waals surface area contributed by atoms with E-state index in [1.807, 2.05) is 6.92 Å². The lowest BCUT2D eigenvalue weighted by molar-refractivity contribution is -0.146. The van der Waals surface area contributed by atoms with Gasteiger partial charge in [0.2, 0.25) is 0 Å². The van der Waals surface area contributed by atoms with Crippen molar-refractivity contribution < 1.29 is 19.1 Å². The number of carbonyl (C=O) groups excluding carboxylic acids is 2. The predicted octanol–water partition coefficient (Wildman–Crippen LogP) is 2.98. The van der Waals surface area contributed by atoms with Crippen LogP contribution >= 0.6 is 15.9 Å². The molecule has 1 aromatic rings. The zero-order valence-corrected chi connectivity index (χ0v) is 11.7. The Morgan fingerprint density at radius 3 is 2.89 bits per heavy atom. The van der Waals surface area contributed by atoms with Crippen LogP contribution in [0.3, 0.4) is 0 Å². The van der Waals surface area contributed by atoms with E-state index in [0.29, 0.717) is 24.2 Å². The van der Waals surface area contributed by atoms with Gasteiger partial charge in [-0.3, -0.25) is 4.79 Å². The third-order valence-electron chi connectivity index (χ3n) is 2.21. The minimum Gasteiger partial charge on any atom is -0.481 e. The molecule has 0 amide bonds. The van der Waals surface area contributed by atoms with E-state index in [0.717, 1.165) is 17.3 Å². The Hall–Kier alpha value is -1.36. The summed E-state index contributed by atoms with van der Waals surface area (Å²) in [5, 5.41) is 0. The molecular weight excluding hydrogens is 300 g/mol. The van der Waals surface area contributed by atoms with Crippen LogP contribution in [0.4, 0.5) is 0 Å². The van der Waals surface area contributed by atoms with Crippen molar-refractivity contribution >= 4 is 28.2 Å². The SMILES string of the molecule is CCCCOC(=O)COc1ccc(Br)cc1C=O. The second-order valence-corrected chi connectivity index (χ2v) is 4.58. The molecule has 0 heterocycles. The van der Waals surface area contributed by atoms with Crippen LogP contribution in [0.15, 0.2) is 22.7 Å². The van der Waals surface area contributed by atoms with Gasteiger partial charge in [0.05, 0.1) is 12.2 Å². The normalized spacial score (nSPS) is 9.89. The first-order valence-electron chi connectivity index (χ1n) is 5.70. The van der Waals surface area contributed by atoms with Gasteiger partial charge in [-0.05, 0) is 24.6 Å². The Labute approximate surface area is 114 Å². The molecule has 0 radical (unpaired) electrons. The minimum atomic E-state index is -0.428. The third-order valence-corrected chi connectivity index (χ3v) is 2.70. The lowest BCUT2D eigenvalue weighted by Crippen LogP contribution is -2.16. The summed E-state index contributed by atoms with van der Waals surface area (Å²) in [6.45, 7) is 2.23. The number of hydrogen-bond donors (Lipinski definition) is 0. The predicted molar refractivity (Wildman–Crippen MR) is 70.9 cm³/mol. The van der Waals surface area contributed by atoms with Crippen LogP contribution in [-0.4, -0.2) is 25.5 Å². The van der Waals surface area contributed by atoms with E-state index in [1.54, 1.807) is 18.2 Å². The first-order chi connectivity index (χ1) is 8.67. The summed E-state index contributed by atoms with van der Waals surface area (Å²) in [6, 6.07) is 5.00. The van der Waals surface area contributed by atoms with Gasteiger partial charge in [-0.25, -0.2) is 4.79 Å². The molecule has 4 nitrogen and oxygen atoms in total. The van der Waals surface area contributed by atoms with Crippen LogP contribution in [0.1, 0.15) is 30.1 Å². The van der Waals surface area contributed by atoms with Crippen LogP contribution in [0, 0.1) is 0 Å². The first-order valence-corrected chi connectivity index (χ1v) is 6.49. The Morgan fingerprint density at radius 2 is 2.22 bits per heavy atom. The molecule has 0 fully saturated rings. The molecule has 0 spiro atoms. The highest BCUT2D eigenvalue weighted by Gasteiger charge is 2.07. The maximum absolute atomic E-state index is 11.3.